The molecule has 2 rings (SSSR count). The summed E-state index contributed by atoms with van der Waals surface area (Å²) in [5.74, 6) is -0.649. The van der Waals surface area contributed by atoms with Crippen LogP contribution < -0.4 is 0 Å². The van der Waals surface area contributed by atoms with Gasteiger partial charge in [0.2, 0.25) is 0 Å². The summed E-state index contributed by atoms with van der Waals surface area (Å²) in [6, 6.07) is 5.23. The first-order valence-electron chi connectivity index (χ1n) is 6.67. The molecule has 1 aromatic carbocycles. The number of hydrogen-bond donors (Lipinski definition) is 1. The fourth-order valence-electron chi connectivity index (χ4n) is 2.72. The molecular weight excluding hydrogens is 231 g/mol. The zero-order valence-corrected chi connectivity index (χ0v) is 10.5. The van der Waals surface area contributed by atoms with Gasteiger partial charge in [-0.3, -0.25) is 4.79 Å². The van der Waals surface area contributed by atoms with Gasteiger partial charge in [-0.1, -0.05) is 31.4 Å². The summed E-state index contributed by atoms with van der Waals surface area (Å²) < 4.78 is 14.0. The first-order chi connectivity index (χ1) is 8.66. The van der Waals surface area contributed by atoms with Crippen LogP contribution in [0.15, 0.2) is 18.2 Å². The average molecular weight is 250 g/mol. The SMILES string of the molecule is O=C(O)CCc1ccc(C2CCCCC2)c(F)c1. The predicted molar refractivity (Wildman–Crippen MR) is 68.2 cm³/mol. The van der Waals surface area contributed by atoms with E-state index < -0.39 is 5.97 Å². The van der Waals surface area contributed by atoms with Crippen LogP contribution in [0.4, 0.5) is 4.39 Å². The highest BCUT2D eigenvalue weighted by Crippen LogP contribution is 2.34. The first kappa shape index (κ1) is 13.1. The van der Waals surface area contributed by atoms with E-state index in [-0.39, 0.29) is 12.2 Å². The van der Waals surface area contributed by atoms with Crippen LogP contribution in [0.1, 0.15) is 55.6 Å². The Morgan fingerprint density at radius 2 is 2.00 bits per heavy atom. The number of halogens is 1. The molecule has 0 saturated heterocycles. The zero-order chi connectivity index (χ0) is 13.0. The van der Waals surface area contributed by atoms with Crippen molar-refractivity contribution in [3.8, 4) is 0 Å². The number of rotatable bonds is 4. The van der Waals surface area contributed by atoms with E-state index in [1.54, 1.807) is 0 Å². The van der Waals surface area contributed by atoms with E-state index in [0.717, 1.165) is 24.0 Å². The monoisotopic (exact) mass is 250 g/mol. The molecule has 1 aromatic rings. The van der Waals surface area contributed by atoms with Crippen LogP contribution in [-0.2, 0) is 11.2 Å². The van der Waals surface area contributed by atoms with Gasteiger partial charge in [0.1, 0.15) is 5.82 Å². The van der Waals surface area contributed by atoms with Crippen LogP contribution >= 0.6 is 0 Å². The van der Waals surface area contributed by atoms with Crippen LogP contribution in [0, 0.1) is 5.82 Å². The molecular formula is C15H19FO2. The molecule has 0 bridgehead atoms. The third kappa shape index (κ3) is 3.31. The quantitative estimate of drug-likeness (QED) is 0.880. The smallest absolute Gasteiger partial charge is 0.303 e. The highest BCUT2D eigenvalue weighted by molar-refractivity contribution is 5.67. The fraction of sp³-hybridized carbons (Fsp3) is 0.533. The van der Waals surface area contributed by atoms with Gasteiger partial charge in [-0.25, -0.2) is 4.39 Å². The Morgan fingerprint density at radius 1 is 1.28 bits per heavy atom. The molecule has 0 atom stereocenters. The van der Waals surface area contributed by atoms with Gasteiger partial charge in [-0.2, -0.15) is 0 Å². The largest absolute Gasteiger partial charge is 0.481 e. The first-order valence-corrected chi connectivity index (χ1v) is 6.67. The lowest BCUT2D eigenvalue weighted by Gasteiger charge is -2.22. The van der Waals surface area contributed by atoms with Crippen molar-refractivity contribution >= 4 is 5.97 Å². The van der Waals surface area contributed by atoms with Gasteiger partial charge in [-0.15, -0.1) is 0 Å². The third-order valence-electron chi connectivity index (χ3n) is 3.74. The molecule has 0 amide bonds. The van der Waals surface area contributed by atoms with Gasteiger partial charge in [-0.05, 0) is 42.4 Å². The second kappa shape index (κ2) is 5.98. The van der Waals surface area contributed by atoms with E-state index in [1.165, 1.54) is 25.3 Å². The Bertz CT molecular complexity index is 423. The maximum absolute atomic E-state index is 14.0. The number of carboxylic acids is 1. The highest BCUT2D eigenvalue weighted by Gasteiger charge is 2.18. The summed E-state index contributed by atoms with van der Waals surface area (Å²) in [5, 5.41) is 8.61. The molecule has 1 saturated carbocycles. The van der Waals surface area contributed by atoms with E-state index >= 15 is 0 Å². The molecule has 0 aliphatic heterocycles. The molecule has 18 heavy (non-hydrogen) atoms. The molecule has 0 heterocycles. The van der Waals surface area contributed by atoms with Crippen molar-refractivity contribution in [2.24, 2.45) is 0 Å². The van der Waals surface area contributed by atoms with E-state index in [4.69, 9.17) is 5.11 Å². The maximum Gasteiger partial charge on any atom is 0.303 e. The maximum atomic E-state index is 14.0. The van der Waals surface area contributed by atoms with Crippen LogP contribution in [0.25, 0.3) is 0 Å². The zero-order valence-electron chi connectivity index (χ0n) is 10.5. The molecule has 1 aliphatic carbocycles. The molecule has 0 unspecified atom stereocenters. The lowest BCUT2D eigenvalue weighted by atomic mass is 9.83. The van der Waals surface area contributed by atoms with Crippen molar-refractivity contribution in [3.63, 3.8) is 0 Å². The van der Waals surface area contributed by atoms with Crippen LogP contribution in [0.5, 0.6) is 0 Å². The number of aliphatic carboxylic acids is 1. The molecule has 2 nitrogen and oxygen atoms in total. The van der Waals surface area contributed by atoms with Crippen LogP contribution in [-0.4, -0.2) is 11.1 Å². The summed E-state index contributed by atoms with van der Waals surface area (Å²) in [4.78, 5) is 10.5. The topological polar surface area (TPSA) is 37.3 Å². The van der Waals surface area contributed by atoms with E-state index in [2.05, 4.69) is 0 Å². The minimum absolute atomic E-state index is 0.0578. The third-order valence-corrected chi connectivity index (χ3v) is 3.74. The molecule has 0 aromatic heterocycles. The van der Waals surface area contributed by atoms with Crippen molar-refractivity contribution in [1.82, 2.24) is 0 Å². The Morgan fingerprint density at radius 3 is 2.61 bits per heavy atom. The summed E-state index contributed by atoms with van der Waals surface area (Å²) in [6.45, 7) is 0. The molecule has 0 spiro atoms. The van der Waals surface area contributed by atoms with Crippen molar-refractivity contribution in [2.45, 2.75) is 50.9 Å². The minimum atomic E-state index is -0.841. The van der Waals surface area contributed by atoms with Gasteiger partial charge >= 0.3 is 5.97 Å². The van der Waals surface area contributed by atoms with Crippen LogP contribution in [0.2, 0.25) is 0 Å². The molecule has 0 radical (unpaired) electrons. The van der Waals surface area contributed by atoms with Crippen molar-refractivity contribution in [3.05, 3.63) is 35.1 Å². The van der Waals surface area contributed by atoms with Gasteiger partial charge in [0.25, 0.3) is 0 Å². The van der Waals surface area contributed by atoms with Gasteiger partial charge in [0, 0.05) is 6.42 Å². The van der Waals surface area contributed by atoms with E-state index in [1.807, 2.05) is 12.1 Å². The number of carbonyl (C=O) groups is 1. The standard InChI is InChI=1S/C15H19FO2/c16-14-10-11(7-9-15(17)18)6-8-13(14)12-4-2-1-3-5-12/h6,8,10,12H,1-5,7,9H2,(H,17,18). The van der Waals surface area contributed by atoms with Crippen molar-refractivity contribution < 1.29 is 14.3 Å². The summed E-state index contributed by atoms with van der Waals surface area (Å²) >= 11 is 0. The minimum Gasteiger partial charge on any atom is -0.481 e. The lowest BCUT2D eigenvalue weighted by Crippen LogP contribution is -2.07. The van der Waals surface area contributed by atoms with E-state index in [0.29, 0.717) is 12.3 Å². The van der Waals surface area contributed by atoms with Crippen molar-refractivity contribution in [1.29, 1.82) is 0 Å². The number of benzene rings is 1. The van der Waals surface area contributed by atoms with Crippen LogP contribution in [0.3, 0.4) is 0 Å². The molecule has 3 heteroatoms. The van der Waals surface area contributed by atoms with Gasteiger partial charge in [0.15, 0.2) is 0 Å². The molecule has 1 N–H and O–H groups in total. The number of hydrogen-bond acceptors (Lipinski definition) is 1. The fourth-order valence-corrected chi connectivity index (χ4v) is 2.72. The molecule has 1 aliphatic rings. The average Bonchev–Trinajstić information content (AvgIpc) is 2.37. The second-order valence-corrected chi connectivity index (χ2v) is 5.08. The number of aryl methyl sites for hydroxylation is 1. The molecule has 98 valence electrons. The summed E-state index contributed by atoms with van der Waals surface area (Å²) in [7, 11) is 0. The lowest BCUT2D eigenvalue weighted by molar-refractivity contribution is -0.136. The Hall–Kier alpha value is -1.38. The highest BCUT2D eigenvalue weighted by atomic mass is 19.1. The Balaban J connectivity index is 2.06. The van der Waals surface area contributed by atoms with E-state index in [9.17, 15) is 9.18 Å². The molecule has 1 fully saturated rings. The van der Waals surface area contributed by atoms with Crippen molar-refractivity contribution in [2.75, 3.05) is 0 Å². The number of carboxylic acid groups (broad SMARTS) is 1. The normalized spacial score (nSPS) is 16.7. The summed E-state index contributed by atoms with van der Waals surface area (Å²) in [5.41, 5.74) is 1.59. The Labute approximate surface area is 107 Å². The Kier molecular flexibility index (Phi) is 4.34. The summed E-state index contributed by atoms with van der Waals surface area (Å²) in [6.07, 6.45) is 6.24. The van der Waals surface area contributed by atoms with Gasteiger partial charge < -0.3 is 5.11 Å². The predicted octanol–water partition coefficient (Wildman–Crippen LogP) is 3.89. The second-order valence-electron chi connectivity index (χ2n) is 5.08. The van der Waals surface area contributed by atoms with Gasteiger partial charge in [0.05, 0.1) is 0 Å².